The summed E-state index contributed by atoms with van der Waals surface area (Å²) in [6.45, 7) is 11.9. The van der Waals surface area contributed by atoms with Crippen LogP contribution >= 0.6 is 27.3 Å². The molecule has 2 fully saturated rings. The average Bonchev–Trinajstić information content (AvgIpc) is 1.69. The average molecular weight is 2140 g/mol. The zero-order chi connectivity index (χ0) is 109. The van der Waals surface area contributed by atoms with Crippen molar-refractivity contribution < 1.29 is 121 Å². The van der Waals surface area contributed by atoms with Crippen molar-refractivity contribution in [3.05, 3.63) is 165 Å². The zero-order valence-electron chi connectivity index (χ0n) is 84.5. The number of aliphatic hydroxyl groups is 2. The number of nitrogens with zero attached hydrogens (tertiary/aromatic N) is 2. The van der Waals surface area contributed by atoms with Crippen LogP contribution in [0.1, 0.15) is 216 Å². The molecule has 1 spiro atoms. The van der Waals surface area contributed by atoms with Gasteiger partial charge in [-0.05, 0) is 200 Å². The molecule has 1 aromatic heterocycles. The number of hydrogen-bond acceptors (Lipinski definition) is 24. The molecular formula is C103H141BrN18O25S. The number of hydrogen-bond donors (Lipinski definition) is 21. The van der Waals surface area contributed by atoms with Crippen LogP contribution in [0.5, 0.6) is 0 Å². The number of aromatic carboxylic acids is 1. The number of carbonyl (C=O) groups is 19. The smallest absolute Gasteiger partial charge is 0.409 e. The molecule has 43 nitrogen and oxygen atoms in total. The Morgan fingerprint density at radius 2 is 1.20 bits per heavy atom. The highest BCUT2D eigenvalue weighted by atomic mass is 79.9. The molecule has 0 aliphatic carbocycles. The number of allylic oxidation sites excluding steroid dienone is 3. The summed E-state index contributed by atoms with van der Waals surface area (Å²) in [5.41, 5.74) is 2.82. The van der Waals surface area contributed by atoms with E-state index in [9.17, 15) is 112 Å². The molecule has 0 radical (unpaired) electrons. The fourth-order valence-electron chi connectivity index (χ4n) is 17.4. The highest BCUT2D eigenvalue weighted by molar-refractivity contribution is 9.10. The van der Waals surface area contributed by atoms with Gasteiger partial charge in [0.05, 0.1) is 31.1 Å². The van der Waals surface area contributed by atoms with Gasteiger partial charge in [0.15, 0.2) is 0 Å². The van der Waals surface area contributed by atoms with Crippen molar-refractivity contribution in [3.8, 4) is 0 Å². The Balaban J connectivity index is 1.02. The first kappa shape index (κ1) is 119. The second kappa shape index (κ2) is 58.7. The first-order chi connectivity index (χ1) is 70.2. The fraction of sp³-hybridized carbons (Fsp3) is 0.524. The molecule has 3 aliphatic heterocycles. The second-order valence-electron chi connectivity index (χ2n) is 39.1. The van der Waals surface area contributed by atoms with Crippen LogP contribution < -0.4 is 85.5 Å². The number of unbranched alkanes of at least 4 members (excludes halogenated alkanes) is 1. The van der Waals surface area contributed by atoms with Crippen LogP contribution in [0, 0.1) is 5.41 Å². The van der Waals surface area contributed by atoms with Crippen molar-refractivity contribution in [2.45, 2.75) is 306 Å². The first-order valence-electron chi connectivity index (χ1n) is 49.7. The number of amides is 17. The number of thiophene rings is 1. The molecule has 2 saturated heterocycles. The van der Waals surface area contributed by atoms with E-state index in [1.54, 1.807) is 81.4 Å². The third-order valence-corrected chi connectivity index (χ3v) is 27.3. The van der Waals surface area contributed by atoms with Crippen molar-refractivity contribution in [1.82, 2.24) is 89.6 Å². The Bertz CT molecular complexity index is 5530. The summed E-state index contributed by atoms with van der Waals surface area (Å²) >= 11 is 4.89. The van der Waals surface area contributed by atoms with Gasteiger partial charge in [0, 0.05) is 67.5 Å². The fourth-order valence-corrected chi connectivity index (χ4v) is 18.8. The lowest BCUT2D eigenvalue weighted by molar-refractivity contribution is -0.146. The number of ether oxygens (including phenoxy) is 1. The summed E-state index contributed by atoms with van der Waals surface area (Å²) in [7, 11) is 0. The molecule has 45 heteroatoms. The molecule has 17 amide bonds. The number of cyclic esters (lactones) is 1. The molecule has 2 bridgehead atoms. The molecule has 22 N–H and O–H groups in total. The topological polar surface area (TPSA) is 648 Å². The van der Waals surface area contributed by atoms with E-state index < -0.39 is 228 Å². The highest BCUT2D eigenvalue weighted by Gasteiger charge is 2.50. The maximum Gasteiger partial charge on any atom is 0.409 e. The van der Waals surface area contributed by atoms with Gasteiger partial charge in [-0.25, -0.2) is 14.4 Å². The lowest BCUT2D eigenvalue weighted by atomic mass is 9.87. The van der Waals surface area contributed by atoms with Crippen LogP contribution in [-0.4, -0.2) is 277 Å². The van der Waals surface area contributed by atoms with E-state index in [0.717, 1.165) is 48.3 Å². The normalized spacial score (nSPS) is 22.7. The molecule has 3 aliphatic rings. The van der Waals surface area contributed by atoms with Gasteiger partial charge in [-0.3, -0.25) is 82.0 Å². The minimum absolute atomic E-state index is 0.00401. The van der Waals surface area contributed by atoms with Crippen LogP contribution in [0.2, 0.25) is 0 Å². The summed E-state index contributed by atoms with van der Waals surface area (Å²) in [4.78, 5) is 266. The third-order valence-electron chi connectivity index (χ3n) is 25.5. The number of aliphatic hydroxyl groups excluding tert-OH is 2. The number of nitrogens with two attached hydrogens (primary N) is 1. The Morgan fingerprint density at radius 1 is 0.608 bits per heavy atom. The summed E-state index contributed by atoms with van der Waals surface area (Å²) in [5, 5.41) is 95.1. The summed E-state index contributed by atoms with van der Waals surface area (Å²) in [6.07, 6.45) is 7.25. The number of halogens is 1. The van der Waals surface area contributed by atoms with Crippen molar-refractivity contribution in [1.29, 1.82) is 0 Å². The van der Waals surface area contributed by atoms with Gasteiger partial charge in [-0.1, -0.05) is 153 Å². The molecule has 148 heavy (non-hydrogen) atoms. The van der Waals surface area contributed by atoms with Gasteiger partial charge in [-0.2, -0.15) is 0 Å². The molecule has 4 heterocycles. The molecule has 2 unspecified atom stereocenters. The number of fused-ring (bicyclic) bond motifs is 3. The third kappa shape index (κ3) is 38.8. The molecule has 0 saturated carbocycles. The van der Waals surface area contributed by atoms with Crippen LogP contribution in [0.3, 0.4) is 0 Å². The van der Waals surface area contributed by atoms with E-state index in [2.05, 4.69) is 95.7 Å². The Kier molecular flexibility index (Phi) is 47.3. The predicted molar refractivity (Wildman–Crippen MR) is 550 cm³/mol. The van der Waals surface area contributed by atoms with Gasteiger partial charge in [0.1, 0.15) is 84.0 Å². The maximum absolute atomic E-state index is 15.1. The van der Waals surface area contributed by atoms with Gasteiger partial charge in [-0.15, -0.1) is 11.3 Å². The standard InChI is InChI=1S/C103H141BrN18O25S/c1-61(85(105)130)108-87(132)73(112-91(136)77(54-68-59-148-81-40-25-23-37-70(68)81)115-89(134)74(107-60-123)53-66-35-22-24-38-71(66)104)41-42-82(125)106-46-28-26-39-72-88(133)110-69-43-48-121(58-69)100(146)147-49-29-18-16-14-12-10-9-11-13-15-17-27-44-103(45-31-47-122(103)63(3)124)98(144)117-78(55-83(126)127)92(137)116-80(57-101(4,5)6)94(139)119-99(145)118-79(56-84(128)129)93(138)114-76(52-65-34-30-36-67(50-65)96(141)142)95(140)120-102(7,8)97(143)109-62(2)86(131)113-75(90(135)111-72)51-64-32-20-19-21-33-64/h14,16-17,19-25,27,30,32-38,40,50,59-62,69,72-80,82,94,106,125,139H,9-13,15,18,26,28-29,31,39,41-49,51-58H2,1-8H3,(H2,105,130)(H,107,123)(H,108,132)(H,109,143)(H,110,133)(H,111,135)(H,112,136)(H,113,131)(H,114,138)(H,115,134)(H,116,137)(H,117,144)(H,120,140)(H,126,127)(H,128,129)(H,141,142)(H2,118,119,145)/t61-,62-,69-,72-,73-,74-,75-,76-,77-,78-,79-,80-,82?,94?,103-/m0/s1. The van der Waals surface area contributed by atoms with Crippen molar-refractivity contribution >= 4 is 151 Å². The quantitative estimate of drug-likeness (QED) is 0.0125. The van der Waals surface area contributed by atoms with Crippen LogP contribution in [-0.2, 0) is 107 Å². The van der Waals surface area contributed by atoms with E-state index in [-0.39, 0.29) is 121 Å². The van der Waals surface area contributed by atoms with E-state index >= 15 is 4.79 Å². The van der Waals surface area contributed by atoms with Crippen molar-refractivity contribution in [2.75, 3.05) is 32.8 Å². The molecule has 4 aromatic carbocycles. The number of carbonyl (C=O) groups excluding carboxylic acids is 16. The van der Waals surface area contributed by atoms with Crippen LogP contribution in [0.25, 0.3) is 10.1 Å². The zero-order valence-corrected chi connectivity index (χ0v) is 86.9. The second-order valence-corrected chi connectivity index (χ2v) is 40.9. The van der Waals surface area contributed by atoms with Crippen molar-refractivity contribution in [2.24, 2.45) is 11.1 Å². The Morgan fingerprint density at radius 3 is 1.86 bits per heavy atom. The summed E-state index contributed by atoms with van der Waals surface area (Å²) in [6, 6.07) is 8.85. The number of carboxylic acid groups (broad SMARTS) is 3. The minimum atomic E-state index is -2.12. The van der Waals surface area contributed by atoms with Gasteiger partial charge < -0.3 is 120 Å². The molecule has 15 atom stereocenters. The first-order valence-corrected chi connectivity index (χ1v) is 51.4. The van der Waals surface area contributed by atoms with E-state index in [0.29, 0.717) is 53.3 Å². The lowest BCUT2D eigenvalue weighted by Gasteiger charge is -2.37. The van der Waals surface area contributed by atoms with Crippen LogP contribution in [0.4, 0.5) is 9.59 Å². The Labute approximate surface area is 871 Å². The maximum atomic E-state index is 15.1. The number of benzene rings is 4. The van der Waals surface area contributed by atoms with E-state index in [1.807, 2.05) is 47.9 Å². The number of aliphatic carboxylic acids is 2. The SMILES string of the molecule is CC(=O)N1CCC[C@]12CC=CCCCCCCC=CCCCOC(=O)N1CC[C@@H](C1)NC(=O)[C@H](CCCCNC(O)CC[C@H](NC(=O)[C@H](Cc1csc3ccccc13)NC(=O)[C@H](Cc1ccccc1Br)NC=O)C(=O)N[C@@H](C)C(N)=O)NC(=O)[C@H](Cc1ccccc1)NC(=O)[C@H](C)NC(=O)C(C)(C)NC(=O)[C@H](Cc1cccc(C(=O)O)c1)NC(=O)[C@H](CC(=O)O)NC(=O)NC(O)[C@H](CC(C)(C)C)NC(=O)[C@H](CC(=O)O)NC2=O. The number of primary amides is 1. The van der Waals surface area contributed by atoms with Crippen LogP contribution in [0.15, 0.2) is 137 Å². The Hall–Kier alpha value is -13.8. The largest absolute Gasteiger partial charge is 0.481 e. The number of urea groups is 1. The molecule has 806 valence electrons. The molecule has 5 aromatic rings. The van der Waals surface area contributed by atoms with Gasteiger partial charge in [0.2, 0.25) is 83.2 Å². The highest BCUT2D eigenvalue weighted by Crippen LogP contribution is 2.35. The van der Waals surface area contributed by atoms with E-state index in [1.165, 1.54) is 74.0 Å². The molecular weight excluding hydrogens is 2000 g/mol. The summed E-state index contributed by atoms with van der Waals surface area (Å²) in [5.74, 6) is -16.5. The lowest BCUT2D eigenvalue weighted by Crippen LogP contribution is -2.63. The minimum Gasteiger partial charge on any atom is -0.481 e. The van der Waals surface area contributed by atoms with Gasteiger partial charge >= 0.3 is 30.0 Å². The van der Waals surface area contributed by atoms with E-state index in [4.69, 9.17) is 10.5 Å². The van der Waals surface area contributed by atoms with Crippen molar-refractivity contribution in [3.63, 3.8) is 0 Å². The summed E-state index contributed by atoms with van der Waals surface area (Å²) < 4.78 is 7.22. The van der Waals surface area contributed by atoms with Gasteiger partial charge in [0.25, 0.3) is 0 Å². The number of nitrogens with one attached hydrogen (secondary N) is 15. The number of rotatable bonds is 32. The predicted octanol–water partition coefficient (Wildman–Crippen LogP) is 4.11. The monoisotopic (exact) mass is 2140 g/mol. The number of likely N-dealkylation sites (tertiary alicyclic amines) is 1. The number of carboxylic acids is 3. The molecule has 8 rings (SSSR count).